The van der Waals surface area contributed by atoms with E-state index >= 15 is 0 Å². The summed E-state index contributed by atoms with van der Waals surface area (Å²) in [6.07, 6.45) is 3.11. The summed E-state index contributed by atoms with van der Waals surface area (Å²) >= 11 is 0. The van der Waals surface area contributed by atoms with Crippen LogP contribution >= 0.6 is 0 Å². The van der Waals surface area contributed by atoms with Gasteiger partial charge in [-0.2, -0.15) is 0 Å². The van der Waals surface area contributed by atoms with Gasteiger partial charge in [0.05, 0.1) is 16.6 Å². The molecule has 2 aliphatic heterocycles. The molecule has 1 aromatic heterocycles. The highest BCUT2D eigenvalue weighted by molar-refractivity contribution is 5.92. The molecule has 4 atom stereocenters. The first-order valence-electron chi connectivity index (χ1n) is 11.1. The second kappa shape index (κ2) is 5.17. The minimum atomic E-state index is -0.0514. The van der Waals surface area contributed by atoms with Crippen LogP contribution in [0.2, 0.25) is 0 Å². The molecule has 1 saturated heterocycles. The summed E-state index contributed by atoms with van der Waals surface area (Å²) in [4.78, 5) is 7.78. The van der Waals surface area contributed by atoms with Gasteiger partial charge >= 0.3 is 0 Å². The van der Waals surface area contributed by atoms with Gasteiger partial charge in [-0.05, 0) is 57.0 Å². The van der Waals surface area contributed by atoms with Crippen LogP contribution in [-0.4, -0.2) is 29.5 Å². The van der Waals surface area contributed by atoms with Crippen molar-refractivity contribution < 1.29 is 4.74 Å². The molecule has 2 aromatic carbocycles. The number of likely N-dealkylation sites (N-methyl/N-ethyl adjacent to an activating group) is 1. The predicted molar refractivity (Wildman–Crippen MR) is 119 cm³/mol. The number of nitrogens with two attached hydrogens (primary N) is 1. The van der Waals surface area contributed by atoms with Crippen molar-refractivity contribution in [2.45, 2.75) is 50.7 Å². The zero-order chi connectivity index (χ0) is 20.4. The second-order valence-electron chi connectivity index (χ2n) is 10.2. The number of nitrogens with zero attached hydrogens (tertiary/aromatic N) is 2. The van der Waals surface area contributed by atoms with E-state index in [2.05, 4.69) is 56.1 Å². The van der Waals surface area contributed by atoms with Gasteiger partial charge in [0.25, 0.3) is 0 Å². The number of hydrogen-bond acceptors (Lipinski definition) is 4. The maximum Gasteiger partial charge on any atom is 0.151 e. The average Bonchev–Trinajstić information content (AvgIpc) is 3.09. The maximum absolute atomic E-state index is 6.90. The average molecular weight is 398 g/mol. The minimum absolute atomic E-state index is 0.0198. The summed E-state index contributed by atoms with van der Waals surface area (Å²) in [5.74, 6) is 1.12. The van der Waals surface area contributed by atoms with Gasteiger partial charge < -0.3 is 15.4 Å². The Hall–Kier alpha value is -2.59. The van der Waals surface area contributed by atoms with E-state index in [-0.39, 0.29) is 16.9 Å². The Labute approximate surface area is 177 Å². The van der Waals surface area contributed by atoms with Crippen molar-refractivity contribution in [3.8, 4) is 5.75 Å². The SMILES string of the molecule is Cc1ccc2c3c1O[C@H]1c4nc5ccccc5c(N)c4C[C@@]4(C)[C@H](C2)N(C)CC[C@]314. The fourth-order valence-electron chi connectivity index (χ4n) is 7.53. The van der Waals surface area contributed by atoms with Crippen LogP contribution in [0.5, 0.6) is 5.75 Å². The fraction of sp³-hybridized carbons (Fsp3) is 0.423. The van der Waals surface area contributed by atoms with Crippen LogP contribution in [-0.2, 0) is 18.3 Å². The molecule has 2 aliphatic carbocycles. The van der Waals surface area contributed by atoms with Crippen molar-refractivity contribution in [2.75, 3.05) is 19.3 Å². The monoisotopic (exact) mass is 397 g/mol. The molecule has 2 bridgehead atoms. The molecule has 0 radical (unpaired) electrons. The molecule has 4 aliphatic rings. The van der Waals surface area contributed by atoms with E-state index in [4.69, 9.17) is 15.5 Å². The predicted octanol–water partition coefficient (Wildman–Crippen LogP) is 4.32. The number of aromatic nitrogens is 1. The molecule has 3 aromatic rings. The van der Waals surface area contributed by atoms with Gasteiger partial charge in [0, 0.05) is 33.7 Å². The molecule has 1 fully saturated rings. The molecule has 2 N–H and O–H groups in total. The summed E-state index contributed by atoms with van der Waals surface area (Å²) in [6, 6.07) is 13.4. The van der Waals surface area contributed by atoms with E-state index < -0.39 is 0 Å². The van der Waals surface area contributed by atoms with Gasteiger partial charge in [0.15, 0.2) is 6.10 Å². The summed E-state index contributed by atoms with van der Waals surface area (Å²) in [6.45, 7) is 5.79. The zero-order valence-corrected chi connectivity index (χ0v) is 17.8. The van der Waals surface area contributed by atoms with Crippen LogP contribution in [0.3, 0.4) is 0 Å². The lowest BCUT2D eigenvalue weighted by Crippen LogP contribution is -2.68. The zero-order valence-electron chi connectivity index (χ0n) is 17.8. The lowest BCUT2D eigenvalue weighted by molar-refractivity contribution is -0.0907. The Bertz CT molecular complexity index is 1270. The van der Waals surface area contributed by atoms with Crippen LogP contribution in [0.25, 0.3) is 10.9 Å². The van der Waals surface area contributed by atoms with Gasteiger partial charge in [-0.1, -0.05) is 37.3 Å². The molecule has 1 spiro atoms. The van der Waals surface area contributed by atoms with Crippen LogP contribution in [0.1, 0.15) is 47.4 Å². The normalized spacial score (nSPS) is 33.2. The number of rotatable bonds is 0. The number of piperidine rings is 1. The number of benzene rings is 2. The van der Waals surface area contributed by atoms with Crippen LogP contribution in [0.4, 0.5) is 5.69 Å². The first-order valence-corrected chi connectivity index (χ1v) is 11.1. The molecule has 7 rings (SSSR count). The summed E-state index contributed by atoms with van der Waals surface area (Å²) in [7, 11) is 2.30. The Kier molecular flexibility index (Phi) is 2.95. The molecule has 30 heavy (non-hydrogen) atoms. The number of anilines is 1. The number of hydrogen-bond donors (Lipinski definition) is 1. The molecule has 0 saturated carbocycles. The molecule has 152 valence electrons. The number of pyridine rings is 1. The first-order chi connectivity index (χ1) is 14.5. The van der Waals surface area contributed by atoms with Crippen LogP contribution < -0.4 is 10.5 Å². The third kappa shape index (κ3) is 1.66. The van der Waals surface area contributed by atoms with Crippen molar-refractivity contribution in [3.05, 3.63) is 64.3 Å². The third-order valence-corrected chi connectivity index (χ3v) is 8.99. The number of para-hydroxylation sites is 1. The number of ether oxygens (including phenoxy) is 1. The highest BCUT2D eigenvalue weighted by atomic mass is 16.5. The van der Waals surface area contributed by atoms with Crippen molar-refractivity contribution in [2.24, 2.45) is 5.41 Å². The van der Waals surface area contributed by atoms with E-state index in [1.807, 2.05) is 6.07 Å². The molecule has 0 unspecified atom stereocenters. The van der Waals surface area contributed by atoms with Crippen LogP contribution in [0, 0.1) is 12.3 Å². The Morgan fingerprint density at radius 1 is 1.20 bits per heavy atom. The first kappa shape index (κ1) is 17.1. The van der Waals surface area contributed by atoms with Crippen LogP contribution in [0.15, 0.2) is 36.4 Å². The quantitative estimate of drug-likeness (QED) is 0.614. The third-order valence-electron chi connectivity index (χ3n) is 8.99. The minimum Gasteiger partial charge on any atom is -0.483 e. The van der Waals surface area contributed by atoms with E-state index in [0.29, 0.717) is 6.04 Å². The van der Waals surface area contributed by atoms with E-state index in [1.165, 1.54) is 22.3 Å². The summed E-state index contributed by atoms with van der Waals surface area (Å²) in [5, 5.41) is 1.07. The topological polar surface area (TPSA) is 51.4 Å². The Balaban J connectivity index is 1.61. The van der Waals surface area contributed by atoms with Crippen molar-refractivity contribution in [1.29, 1.82) is 0 Å². The molecule has 3 heterocycles. The van der Waals surface area contributed by atoms with Gasteiger partial charge in [-0.25, -0.2) is 4.98 Å². The Morgan fingerprint density at radius 2 is 2.03 bits per heavy atom. The van der Waals surface area contributed by atoms with Crippen molar-refractivity contribution >= 4 is 16.6 Å². The lowest BCUT2D eigenvalue weighted by Gasteiger charge is -2.64. The number of likely N-dealkylation sites (tertiary alicyclic amines) is 1. The van der Waals surface area contributed by atoms with E-state index in [1.54, 1.807) is 0 Å². The fourth-order valence-corrected chi connectivity index (χ4v) is 7.53. The summed E-state index contributed by atoms with van der Waals surface area (Å²) in [5.41, 5.74) is 15.2. The van der Waals surface area contributed by atoms with Gasteiger partial charge in [-0.3, -0.25) is 0 Å². The molecule has 4 nitrogen and oxygen atoms in total. The van der Waals surface area contributed by atoms with E-state index in [0.717, 1.165) is 53.8 Å². The maximum atomic E-state index is 6.90. The van der Waals surface area contributed by atoms with Crippen molar-refractivity contribution in [1.82, 2.24) is 9.88 Å². The standard InChI is InChI=1S/C26H27N3O/c1-14-8-9-15-12-19-25(2)13-17-21(27)16-6-4-5-7-18(16)28-22(17)24-26(25,10-11-29(19)3)20(15)23(14)30-24/h4-9,19,24H,10-13H2,1-3H3,(H2,27,28)/t19-,24-,25-,26-/m0/s1. The second-order valence-corrected chi connectivity index (χ2v) is 10.2. The van der Waals surface area contributed by atoms with E-state index in [9.17, 15) is 0 Å². The number of fused-ring (bicyclic) bond motifs is 3. The largest absolute Gasteiger partial charge is 0.483 e. The van der Waals surface area contributed by atoms with Crippen molar-refractivity contribution in [3.63, 3.8) is 0 Å². The van der Waals surface area contributed by atoms with Gasteiger partial charge in [0.1, 0.15) is 5.75 Å². The smallest absolute Gasteiger partial charge is 0.151 e. The number of aryl methyl sites for hydroxylation is 1. The molecular formula is C26H27N3O. The molecular weight excluding hydrogens is 370 g/mol. The highest BCUT2D eigenvalue weighted by Crippen LogP contribution is 2.71. The Morgan fingerprint density at radius 3 is 2.90 bits per heavy atom. The molecule has 0 amide bonds. The van der Waals surface area contributed by atoms with Gasteiger partial charge in [-0.15, -0.1) is 0 Å². The molecule has 4 heteroatoms. The number of nitrogen functional groups attached to an aromatic ring is 1. The lowest BCUT2D eigenvalue weighted by atomic mass is 9.44. The van der Waals surface area contributed by atoms with Gasteiger partial charge in [0.2, 0.25) is 0 Å². The highest BCUT2D eigenvalue weighted by Gasteiger charge is 2.70. The summed E-state index contributed by atoms with van der Waals surface area (Å²) < 4.78 is 6.90.